The molecular weight excluding hydrogens is 347 g/mol. The SMILES string of the molecule is COCCN1CCC[C@@H](CN(C)C(=O)c2cc(Cl)c(C)c(Cl)c2)C1. The lowest BCUT2D eigenvalue weighted by molar-refractivity contribution is 0.0703. The molecule has 24 heavy (non-hydrogen) atoms. The molecule has 1 saturated heterocycles. The van der Waals surface area contributed by atoms with Crippen molar-refractivity contribution in [3.63, 3.8) is 0 Å². The Labute approximate surface area is 154 Å². The molecule has 0 bridgehead atoms. The third kappa shape index (κ3) is 5.09. The van der Waals surface area contributed by atoms with Crippen LogP contribution in [0.15, 0.2) is 12.1 Å². The van der Waals surface area contributed by atoms with Gasteiger partial charge in [-0.3, -0.25) is 4.79 Å². The lowest BCUT2D eigenvalue weighted by atomic mass is 9.97. The highest BCUT2D eigenvalue weighted by Crippen LogP contribution is 2.26. The number of halogens is 2. The number of likely N-dealkylation sites (tertiary alicyclic amines) is 1. The molecule has 1 aliphatic rings. The fraction of sp³-hybridized carbons (Fsp3) is 0.611. The van der Waals surface area contributed by atoms with Gasteiger partial charge in [0, 0.05) is 49.4 Å². The fourth-order valence-corrected chi connectivity index (χ4v) is 3.67. The van der Waals surface area contributed by atoms with Crippen LogP contribution in [-0.4, -0.2) is 62.7 Å². The monoisotopic (exact) mass is 372 g/mol. The van der Waals surface area contributed by atoms with Gasteiger partial charge in [-0.15, -0.1) is 0 Å². The molecule has 1 atom stereocenters. The molecule has 0 saturated carbocycles. The number of carbonyl (C=O) groups excluding carboxylic acids is 1. The molecule has 1 aromatic rings. The number of methoxy groups -OCH3 is 1. The summed E-state index contributed by atoms with van der Waals surface area (Å²) < 4.78 is 5.16. The van der Waals surface area contributed by atoms with E-state index < -0.39 is 0 Å². The molecule has 2 rings (SSSR count). The summed E-state index contributed by atoms with van der Waals surface area (Å²) in [4.78, 5) is 16.9. The Kier molecular flexibility index (Phi) is 7.35. The lowest BCUT2D eigenvalue weighted by Gasteiger charge is -2.34. The predicted molar refractivity (Wildman–Crippen MR) is 99.2 cm³/mol. The Morgan fingerprint density at radius 2 is 2.04 bits per heavy atom. The zero-order valence-corrected chi connectivity index (χ0v) is 16.2. The fourth-order valence-electron chi connectivity index (χ4n) is 3.18. The van der Waals surface area contributed by atoms with Gasteiger partial charge in [-0.25, -0.2) is 0 Å². The van der Waals surface area contributed by atoms with Crippen LogP contribution < -0.4 is 0 Å². The van der Waals surface area contributed by atoms with Gasteiger partial charge >= 0.3 is 0 Å². The predicted octanol–water partition coefficient (Wildman–Crippen LogP) is 3.73. The summed E-state index contributed by atoms with van der Waals surface area (Å²) in [5, 5.41) is 1.06. The van der Waals surface area contributed by atoms with Crippen LogP contribution in [0, 0.1) is 12.8 Å². The largest absolute Gasteiger partial charge is 0.383 e. The van der Waals surface area contributed by atoms with Crippen LogP contribution in [0.3, 0.4) is 0 Å². The molecule has 1 aliphatic heterocycles. The molecule has 1 amide bonds. The van der Waals surface area contributed by atoms with E-state index in [-0.39, 0.29) is 5.91 Å². The first-order valence-electron chi connectivity index (χ1n) is 8.34. The normalized spacial score (nSPS) is 18.6. The highest BCUT2D eigenvalue weighted by molar-refractivity contribution is 6.36. The molecule has 0 aliphatic carbocycles. The summed E-state index contributed by atoms with van der Waals surface area (Å²) >= 11 is 12.3. The number of amides is 1. The van der Waals surface area contributed by atoms with Gasteiger partial charge in [-0.2, -0.15) is 0 Å². The van der Waals surface area contributed by atoms with Gasteiger partial charge in [0.25, 0.3) is 5.91 Å². The number of piperidine rings is 1. The molecule has 6 heteroatoms. The quantitative estimate of drug-likeness (QED) is 0.762. The van der Waals surface area contributed by atoms with Crippen molar-refractivity contribution in [3.05, 3.63) is 33.3 Å². The number of benzene rings is 1. The molecule has 1 fully saturated rings. The summed E-state index contributed by atoms with van der Waals surface area (Å²) in [7, 11) is 3.57. The van der Waals surface area contributed by atoms with Gasteiger partial charge in [0.05, 0.1) is 6.61 Å². The smallest absolute Gasteiger partial charge is 0.253 e. The number of ether oxygens (including phenoxy) is 1. The zero-order valence-electron chi connectivity index (χ0n) is 14.6. The van der Waals surface area contributed by atoms with E-state index in [1.807, 2.05) is 14.0 Å². The summed E-state index contributed by atoms with van der Waals surface area (Å²) in [5.74, 6) is 0.453. The van der Waals surface area contributed by atoms with Gasteiger partial charge in [0.15, 0.2) is 0 Å². The van der Waals surface area contributed by atoms with E-state index in [1.54, 1.807) is 24.1 Å². The van der Waals surface area contributed by atoms with Crippen molar-refractivity contribution in [3.8, 4) is 0 Å². The lowest BCUT2D eigenvalue weighted by Crippen LogP contribution is -2.42. The minimum absolute atomic E-state index is 0.0344. The number of nitrogens with zero attached hydrogens (tertiary/aromatic N) is 2. The van der Waals surface area contributed by atoms with E-state index in [2.05, 4.69) is 4.90 Å². The molecule has 1 aromatic carbocycles. The summed E-state index contributed by atoms with van der Waals surface area (Å²) in [6.45, 7) is 6.41. The molecule has 0 spiro atoms. The first kappa shape index (κ1) is 19.5. The second kappa shape index (κ2) is 9.04. The number of hydrogen-bond donors (Lipinski definition) is 0. The highest BCUT2D eigenvalue weighted by atomic mass is 35.5. The van der Waals surface area contributed by atoms with E-state index in [0.717, 1.165) is 44.8 Å². The summed E-state index contributed by atoms with van der Waals surface area (Å²) in [5.41, 5.74) is 1.35. The van der Waals surface area contributed by atoms with Crippen LogP contribution in [-0.2, 0) is 4.74 Å². The zero-order chi connectivity index (χ0) is 17.7. The van der Waals surface area contributed by atoms with Gasteiger partial charge in [-0.05, 0) is 49.9 Å². The second-order valence-electron chi connectivity index (χ2n) is 6.55. The average Bonchev–Trinajstić information content (AvgIpc) is 2.57. The van der Waals surface area contributed by atoms with Crippen molar-refractivity contribution < 1.29 is 9.53 Å². The van der Waals surface area contributed by atoms with E-state index in [4.69, 9.17) is 27.9 Å². The van der Waals surface area contributed by atoms with Gasteiger partial charge in [0.2, 0.25) is 0 Å². The molecule has 4 nitrogen and oxygen atoms in total. The van der Waals surface area contributed by atoms with Crippen molar-refractivity contribution in [2.45, 2.75) is 19.8 Å². The Hall–Kier alpha value is -0.810. The molecule has 134 valence electrons. The maximum Gasteiger partial charge on any atom is 0.253 e. The molecule has 0 aromatic heterocycles. The van der Waals surface area contributed by atoms with Crippen molar-refractivity contribution in [2.24, 2.45) is 5.92 Å². The highest BCUT2D eigenvalue weighted by Gasteiger charge is 2.23. The molecular formula is C18H26Cl2N2O2. The van der Waals surface area contributed by atoms with Crippen LogP contribution in [0.1, 0.15) is 28.8 Å². The van der Waals surface area contributed by atoms with E-state index in [1.165, 1.54) is 6.42 Å². The Bertz CT molecular complexity index is 557. The van der Waals surface area contributed by atoms with Crippen molar-refractivity contribution in [1.29, 1.82) is 0 Å². The van der Waals surface area contributed by atoms with Gasteiger partial charge < -0.3 is 14.5 Å². The third-order valence-corrected chi connectivity index (χ3v) is 5.41. The standard InChI is InChI=1S/C18H26Cl2N2O2/c1-13-16(19)9-15(10-17(13)20)18(23)21(2)11-14-5-4-6-22(12-14)7-8-24-3/h9-10,14H,4-8,11-12H2,1-3H3/t14-/m0/s1. The Balaban J connectivity index is 1.96. The third-order valence-electron chi connectivity index (χ3n) is 4.62. The van der Waals surface area contributed by atoms with Crippen LogP contribution in [0.4, 0.5) is 0 Å². The molecule has 0 radical (unpaired) electrons. The Morgan fingerprint density at radius 3 is 2.67 bits per heavy atom. The number of hydrogen-bond acceptors (Lipinski definition) is 3. The molecule has 0 unspecified atom stereocenters. The minimum Gasteiger partial charge on any atom is -0.383 e. The number of rotatable bonds is 6. The van der Waals surface area contributed by atoms with Crippen molar-refractivity contribution >= 4 is 29.1 Å². The molecule has 0 N–H and O–H groups in total. The average molecular weight is 373 g/mol. The second-order valence-corrected chi connectivity index (χ2v) is 7.37. The minimum atomic E-state index is -0.0344. The number of carbonyl (C=O) groups is 1. The summed E-state index contributed by atoms with van der Waals surface area (Å²) in [6, 6.07) is 3.40. The van der Waals surface area contributed by atoms with Gasteiger partial charge in [0.1, 0.15) is 0 Å². The maximum atomic E-state index is 12.7. The first-order chi connectivity index (χ1) is 11.4. The van der Waals surface area contributed by atoms with Crippen molar-refractivity contribution in [1.82, 2.24) is 9.80 Å². The molecule has 1 heterocycles. The first-order valence-corrected chi connectivity index (χ1v) is 9.10. The van der Waals surface area contributed by atoms with Crippen LogP contribution in [0.2, 0.25) is 10.0 Å². The topological polar surface area (TPSA) is 32.8 Å². The maximum absolute atomic E-state index is 12.7. The van der Waals surface area contributed by atoms with E-state index in [0.29, 0.717) is 21.5 Å². The Morgan fingerprint density at radius 1 is 1.38 bits per heavy atom. The van der Waals surface area contributed by atoms with E-state index >= 15 is 0 Å². The van der Waals surface area contributed by atoms with Crippen LogP contribution >= 0.6 is 23.2 Å². The van der Waals surface area contributed by atoms with Crippen molar-refractivity contribution in [2.75, 3.05) is 46.9 Å². The van der Waals surface area contributed by atoms with E-state index in [9.17, 15) is 4.79 Å². The van der Waals surface area contributed by atoms with Gasteiger partial charge in [-0.1, -0.05) is 23.2 Å². The summed E-state index contributed by atoms with van der Waals surface area (Å²) in [6.07, 6.45) is 2.31. The van der Waals surface area contributed by atoms with Crippen LogP contribution in [0.5, 0.6) is 0 Å². The van der Waals surface area contributed by atoms with Crippen LogP contribution in [0.25, 0.3) is 0 Å².